The first kappa shape index (κ1) is 8.93. The molecule has 0 bridgehead atoms. The van der Waals surface area contributed by atoms with Crippen LogP contribution in [0.2, 0.25) is 0 Å². The maximum Gasteiger partial charge on any atom is 0.127 e. The minimum atomic E-state index is -0.139. The second-order valence-electron chi connectivity index (χ2n) is 2.41. The highest BCUT2D eigenvalue weighted by Gasteiger charge is 1.99. The van der Waals surface area contributed by atoms with Gasteiger partial charge >= 0.3 is 0 Å². The van der Waals surface area contributed by atoms with E-state index in [0.29, 0.717) is 6.54 Å². The molecule has 0 radical (unpaired) electrons. The Morgan fingerprint density at radius 2 is 2.27 bits per heavy atom. The Bertz CT molecular complexity index is 250. The summed E-state index contributed by atoms with van der Waals surface area (Å²) in [6, 6.07) is 5.12. The van der Waals surface area contributed by atoms with Crippen molar-refractivity contribution in [3.8, 4) is 0 Å². The SMILES string of the molecule is Cc1ccc(F)c(CNI)c1. The summed E-state index contributed by atoms with van der Waals surface area (Å²) in [5.41, 5.74) is 1.81. The van der Waals surface area contributed by atoms with Gasteiger partial charge < -0.3 is 0 Å². The first-order valence-electron chi connectivity index (χ1n) is 3.32. The Morgan fingerprint density at radius 1 is 1.55 bits per heavy atom. The molecular weight excluding hydrogens is 256 g/mol. The van der Waals surface area contributed by atoms with E-state index in [1.807, 2.05) is 35.9 Å². The lowest BCUT2D eigenvalue weighted by Crippen LogP contribution is -2.00. The molecule has 1 aromatic carbocycles. The first-order chi connectivity index (χ1) is 5.24. The molecule has 1 N–H and O–H groups in total. The third-order valence-corrected chi connectivity index (χ3v) is 1.84. The first-order valence-corrected chi connectivity index (χ1v) is 4.40. The summed E-state index contributed by atoms with van der Waals surface area (Å²) >= 11 is 2.00. The van der Waals surface area contributed by atoms with E-state index in [4.69, 9.17) is 0 Å². The molecular formula is C8H9FIN. The van der Waals surface area contributed by atoms with E-state index in [0.717, 1.165) is 11.1 Å². The Morgan fingerprint density at radius 3 is 2.91 bits per heavy atom. The van der Waals surface area contributed by atoms with Crippen molar-refractivity contribution in [3.63, 3.8) is 0 Å². The molecule has 1 aromatic rings. The van der Waals surface area contributed by atoms with E-state index < -0.39 is 0 Å². The van der Waals surface area contributed by atoms with Crippen LogP contribution in [0.25, 0.3) is 0 Å². The summed E-state index contributed by atoms with van der Waals surface area (Å²) in [6.07, 6.45) is 0. The van der Waals surface area contributed by atoms with Crippen molar-refractivity contribution in [1.29, 1.82) is 0 Å². The van der Waals surface area contributed by atoms with Gasteiger partial charge in [-0.1, -0.05) is 17.7 Å². The fourth-order valence-electron chi connectivity index (χ4n) is 0.911. The molecule has 0 fully saturated rings. The van der Waals surface area contributed by atoms with E-state index in [9.17, 15) is 4.39 Å². The van der Waals surface area contributed by atoms with Gasteiger partial charge in [-0.3, -0.25) is 3.53 Å². The zero-order valence-electron chi connectivity index (χ0n) is 6.20. The number of hydrogen-bond donors (Lipinski definition) is 1. The maximum atomic E-state index is 12.9. The Hall–Kier alpha value is -0.160. The van der Waals surface area contributed by atoms with Crippen LogP contribution in [-0.2, 0) is 6.54 Å². The second-order valence-corrected chi connectivity index (χ2v) is 3.17. The summed E-state index contributed by atoms with van der Waals surface area (Å²) in [5.74, 6) is -0.139. The molecule has 0 unspecified atom stereocenters. The number of benzene rings is 1. The zero-order valence-corrected chi connectivity index (χ0v) is 8.35. The van der Waals surface area contributed by atoms with Crippen LogP contribution in [0.1, 0.15) is 11.1 Å². The third-order valence-electron chi connectivity index (χ3n) is 1.46. The van der Waals surface area contributed by atoms with Gasteiger partial charge in [0.1, 0.15) is 5.82 Å². The van der Waals surface area contributed by atoms with Crippen LogP contribution in [0, 0.1) is 12.7 Å². The van der Waals surface area contributed by atoms with Gasteiger partial charge in [0.15, 0.2) is 0 Å². The highest BCUT2D eigenvalue weighted by atomic mass is 127. The van der Waals surface area contributed by atoms with Gasteiger partial charge in [-0.25, -0.2) is 4.39 Å². The minimum absolute atomic E-state index is 0.139. The van der Waals surface area contributed by atoms with E-state index in [2.05, 4.69) is 3.53 Å². The summed E-state index contributed by atoms with van der Waals surface area (Å²) < 4.78 is 15.8. The molecule has 60 valence electrons. The molecule has 0 amide bonds. The fourth-order valence-corrected chi connectivity index (χ4v) is 1.32. The van der Waals surface area contributed by atoms with Gasteiger partial charge in [-0.15, -0.1) is 0 Å². The number of aryl methyl sites for hydroxylation is 1. The van der Waals surface area contributed by atoms with E-state index in [1.165, 1.54) is 6.07 Å². The molecule has 0 saturated carbocycles. The van der Waals surface area contributed by atoms with E-state index >= 15 is 0 Å². The Balaban J connectivity index is 2.93. The summed E-state index contributed by atoms with van der Waals surface area (Å²) in [7, 11) is 0. The third kappa shape index (κ3) is 2.41. The Kier molecular flexibility index (Phi) is 3.26. The number of hydrogen-bond acceptors (Lipinski definition) is 1. The average Bonchev–Trinajstić information content (AvgIpc) is 1.98. The largest absolute Gasteiger partial charge is 0.257 e. The van der Waals surface area contributed by atoms with Crippen LogP contribution >= 0.6 is 22.9 Å². The molecule has 0 aliphatic carbocycles. The van der Waals surface area contributed by atoms with Crippen molar-refractivity contribution >= 4 is 22.9 Å². The lowest BCUT2D eigenvalue weighted by molar-refractivity contribution is 0.608. The molecule has 0 aromatic heterocycles. The smallest absolute Gasteiger partial charge is 0.127 e. The van der Waals surface area contributed by atoms with Gasteiger partial charge in [0.05, 0.1) is 0 Å². The minimum Gasteiger partial charge on any atom is -0.257 e. The lowest BCUT2D eigenvalue weighted by atomic mass is 10.1. The average molecular weight is 265 g/mol. The topological polar surface area (TPSA) is 12.0 Å². The highest BCUT2D eigenvalue weighted by Crippen LogP contribution is 2.09. The van der Waals surface area contributed by atoms with Crippen molar-refractivity contribution < 1.29 is 4.39 Å². The number of nitrogens with one attached hydrogen (secondary N) is 1. The predicted octanol–water partition coefficient (Wildman–Crippen LogP) is 2.57. The van der Waals surface area contributed by atoms with Crippen LogP contribution < -0.4 is 3.53 Å². The molecule has 0 aliphatic heterocycles. The Labute approximate surface area is 79.5 Å². The molecule has 3 heteroatoms. The molecule has 0 spiro atoms. The normalized spacial score (nSPS) is 10.1. The van der Waals surface area contributed by atoms with Gasteiger partial charge in [-0.05, 0) is 13.0 Å². The van der Waals surface area contributed by atoms with Crippen molar-refractivity contribution in [3.05, 3.63) is 35.1 Å². The highest BCUT2D eigenvalue weighted by molar-refractivity contribution is 14.1. The molecule has 0 atom stereocenters. The predicted molar refractivity (Wildman–Crippen MR) is 52.0 cm³/mol. The molecule has 1 nitrogen and oxygen atoms in total. The zero-order chi connectivity index (χ0) is 8.27. The second kappa shape index (κ2) is 4.01. The summed E-state index contributed by atoms with van der Waals surface area (Å²) in [4.78, 5) is 0. The van der Waals surface area contributed by atoms with Crippen LogP contribution in [-0.4, -0.2) is 0 Å². The standard InChI is InChI=1S/C8H9FIN/c1-6-2-3-8(9)7(4-6)5-11-10/h2-4,11H,5H2,1H3. The van der Waals surface area contributed by atoms with Gasteiger partial charge in [0, 0.05) is 35.0 Å². The molecule has 1 rings (SSSR count). The number of rotatable bonds is 2. The van der Waals surface area contributed by atoms with E-state index in [1.54, 1.807) is 6.07 Å². The molecule has 11 heavy (non-hydrogen) atoms. The van der Waals surface area contributed by atoms with Crippen molar-refractivity contribution in [1.82, 2.24) is 3.53 Å². The van der Waals surface area contributed by atoms with Crippen LogP contribution in [0.4, 0.5) is 4.39 Å². The maximum absolute atomic E-state index is 12.9. The lowest BCUT2D eigenvalue weighted by Gasteiger charge is -2.01. The van der Waals surface area contributed by atoms with Gasteiger partial charge in [-0.2, -0.15) is 0 Å². The van der Waals surface area contributed by atoms with Gasteiger partial charge in [0.25, 0.3) is 0 Å². The fraction of sp³-hybridized carbons (Fsp3) is 0.250. The summed E-state index contributed by atoms with van der Waals surface area (Å²) in [6.45, 7) is 2.53. The molecule has 0 heterocycles. The molecule has 0 aliphatic rings. The van der Waals surface area contributed by atoms with Crippen molar-refractivity contribution in [2.45, 2.75) is 13.5 Å². The van der Waals surface area contributed by atoms with Crippen LogP contribution in [0.15, 0.2) is 18.2 Å². The monoisotopic (exact) mass is 265 g/mol. The van der Waals surface area contributed by atoms with E-state index in [-0.39, 0.29) is 5.82 Å². The van der Waals surface area contributed by atoms with Crippen molar-refractivity contribution in [2.24, 2.45) is 0 Å². The van der Waals surface area contributed by atoms with Crippen molar-refractivity contribution in [2.75, 3.05) is 0 Å². The number of halogens is 2. The van der Waals surface area contributed by atoms with Gasteiger partial charge in [0.2, 0.25) is 0 Å². The van der Waals surface area contributed by atoms with Crippen LogP contribution in [0.5, 0.6) is 0 Å². The van der Waals surface area contributed by atoms with Crippen LogP contribution in [0.3, 0.4) is 0 Å². The summed E-state index contributed by atoms with van der Waals surface area (Å²) in [5, 5.41) is 0. The molecule has 0 saturated heterocycles. The quantitative estimate of drug-likeness (QED) is 0.640.